The van der Waals surface area contributed by atoms with Gasteiger partial charge in [-0.3, -0.25) is 0 Å². The largest absolute Gasteiger partial charge is 0.127 e. The van der Waals surface area contributed by atoms with Crippen molar-refractivity contribution in [2.24, 2.45) is 0 Å². The Labute approximate surface area is 85.2 Å². The molecule has 0 heterocycles. The lowest BCUT2D eigenvalue weighted by molar-refractivity contribution is 0.928. The monoisotopic (exact) mass is 194 g/mol. The number of hydrogen-bond acceptors (Lipinski definition) is 0. The lowest BCUT2D eigenvalue weighted by atomic mass is 10.0. The van der Waals surface area contributed by atoms with Crippen molar-refractivity contribution in [3.05, 3.63) is 42.0 Å². The van der Waals surface area contributed by atoms with Gasteiger partial charge in [-0.05, 0) is 30.9 Å². The molecular formula is C12H15Cl. The molecule has 0 aliphatic carbocycles. The number of benzene rings is 1. The van der Waals surface area contributed by atoms with Gasteiger partial charge in [0.2, 0.25) is 0 Å². The lowest BCUT2D eigenvalue weighted by Gasteiger charge is -2.02. The molecule has 0 saturated heterocycles. The minimum absolute atomic E-state index is 0.738. The van der Waals surface area contributed by atoms with Crippen molar-refractivity contribution in [3.8, 4) is 0 Å². The quantitative estimate of drug-likeness (QED) is 0.638. The van der Waals surface area contributed by atoms with Crippen LogP contribution < -0.4 is 0 Å². The van der Waals surface area contributed by atoms with Crippen molar-refractivity contribution < 1.29 is 0 Å². The van der Waals surface area contributed by atoms with Crippen LogP contribution in [0.2, 0.25) is 0 Å². The highest BCUT2D eigenvalue weighted by Gasteiger charge is 1.94. The zero-order valence-electron chi connectivity index (χ0n) is 8.02. The second-order valence-corrected chi connectivity index (χ2v) is 3.65. The molecular weight excluding hydrogens is 180 g/mol. The summed E-state index contributed by atoms with van der Waals surface area (Å²) in [5, 5.41) is 0. The molecule has 0 bridgehead atoms. The van der Waals surface area contributed by atoms with Gasteiger partial charge in [-0.25, -0.2) is 0 Å². The van der Waals surface area contributed by atoms with E-state index in [0.717, 1.165) is 24.3 Å². The summed E-state index contributed by atoms with van der Waals surface area (Å²) >= 11 is 5.62. The van der Waals surface area contributed by atoms with Gasteiger partial charge in [0.25, 0.3) is 0 Å². The van der Waals surface area contributed by atoms with Crippen molar-refractivity contribution in [2.75, 3.05) is 5.88 Å². The van der Waals surface area contributed by atoms with Gasteiger partial charge in [0, 0.05) is 5.88 Å². The molecule has 0 N–H and O–H groups in total. The third-order valence-electron chi connectivity index (χ3n) is 2.05. The smallest absolute Gasteiger partial charge is 0.0226 e. The van der Waals surface area contributed by atoms with E-state index in [1.807, 2.05) is 6.92 Å². The zero-order chi connectivity index (χ0) is 9.68. The summed E-state index contributed by atoms with van der Waals surface area (Å²) < 4.78 is 0. The van der Waals surface area contributed by atoms with Crippen LogP contribution in [0.25, 0.3) is 5.57 Å². The normalized spacial score (nSPS) is 10.0. The van der Waals surface area contributed by atoms with Crippen LogP contribution in [0.4, 0.5) is 0 Å². The number of hydrogen-bond donors (Lipinski definition) is 0. The van der Waals surface area contributed by atoms with Crippen LogP contribution in [0.5, 0.6) is 0 Å². The maximum Gasteiger partial charge on any atom is 0.0226 e. The topological polar surface area (TPSA) is 0 Å². The fourth-order valence-corrected chi connectivity index (χ4v) is 1.36. The maximum atomic E-state index is 5.62. The SMILES string of the molecule is C=C(C)c1ccc(CCCCl)cc1. The van der Waals surface area contributed by atoms with Crippen LogP contribution in [0, 0.1) is 0 Å². The van der Waals surface area contributed by atoms with Gasteiger partial charge in [0.15, 0.2) is 0 Å². The Hall–Kier alpha value is -0.750. The molecule has 0 saturated carbocycles. The minimum atomic E-state index is 0.738. The molecule has 1 aromatic rings. The van der Waals surface area contributed by atoms with Crippen molar-refractivity contribution in [2.45, 2.75) is 19.8 Å². The first kappa shape index (κ1) is 10.3. The van der Waals surface area contributed by atoms with Crippen molar-refractivity contribution in [1.82, 2.24) is 0 Å². The minimum Gasteiger partial charge on any atom is -0.127 e. The first-order valence-electron chi connectivity index (χ1n) is 4.55. The van der Waals surface area contributed by atoms with Crippen molar-refractivity contribution in [1.29, 1.82) is 0 Å². The Morgan fingerprint density at radius 1 is 1.31 bits per heavy atom. The van der Waals surface area contributed by atoms with Gasteiger partial charge in [-0.2, -0.15) is 0 Å². The van der Waals surface area contributed by atoms with Gasteiger partial charge >= 0.3 is 0 Å². The molecule has 70 valence electrons. The van der Waals surface area contributed by atoms with Crippen LogP contribution in [0.15, 0.2) is 30.8 Å². The van der Waals surface area contributed by atoms with Crippen LogP contribution >= 0.6 is 11.6 Å². The molecule has 13 heavy (non-hydrogen) atoms. The van der Waals surface area contributed by atoms with E-state index in [1.165, 1.54) is 11.1 Å². The predicted octanol–water partition coefficient (Wildman–Crippen LogP) is 3.89. The van der Waals surface area contributed by atoms with E-state index in [9.17, 15) is 0 Å². The van der Waals surface area contributed by atoms with Gasteiger partial charge in [0.05, 0.1) is 0 Å². The van der Waals surface area contributed by atoms with Gasteiger partial charge in [0.1, 0.15) is 0 Å². The number of allylic oxidation sites excluding steroid dienone is 1. The Morgan fingerprint density at radius 3 is 2.38 bits per heavy atom. The fourth-order valence-electron chi connectivity index (χ4n) is 1.23. The van der Waals surface area contributed by atoms with E-state index in [-0.39, 0.29) is 0 Å². The molecule has 1 rings (SSSR count). The summed E-state index contributed by atoms with van der Waals surface area (Å²) in [5.74, 6) is 0.738. The summed E-state index contributed by atoms with van der Waals surface area (Å²) in [6.45, 7) is 5.92. The molecule has 0 amide bonds. The summed E-state index contributed by atoms with van der Waals surface area (Å²) in [7, 11) is 0. The lowest BCUT2D eigenvalue weighted by Crippen LogP contribution is -1.86. The van der Waals surface area contributed by atoms with E-state index in [4.69, 9.17) is 11.6 Å². The van der Waals surface area contributed by atoms with Gasteiger partial charge in [-0.1, -0.05) is 36.4 Å². The van der Waals surface area contributed by atoms with E-state index in [0.29, 0.717) is 0 Å². The first-order chi connectivity index (χ1) is 6.24. The maximum absolute atomic E-state index is 5.62. The Bertz CT molecular complexity index is 272. The number of rotatable bonds is 4. The van der Waals surface area contributed by atoms with E-state index >= 15 is 0 Å². The second-order valence-electron chi connectivity index (χ2n) is 3.27. The number of aryl methyl sites for hydroxylation is 1. The van der Waals surface area contributed by atoms with E-state index in [2.05, 4.69) is 30.8 Å². The molecule has 0 atom stereocenters. The molecule has 0 fully saturated rings. The first-order valence-corrected chi connectivity index (χ1v) is 5.08. The molecule has 1 heteroatoms. The molecule has 0 aromatic heterocycles. The standard InChI is InChI=1S/C12H15Cl/c1-10(2)12-7-5-11(6-8-12)4-3-9-13/h5-8H,1,3-4,9H2,2H3. The molecule has 0 aliphatic rings. The molecule has 0 radical (unpaired) electrons. The highest BCUT2D eigenvalue weighted by Crippen LogP contribution is 2.13. The third kappa shape index (κ3) is 3.23. The van der Waals surface area contributed by atoms with Gasteiger partial charge < -0.3 is 0 Å². The van der Waals surface area contributed by atoms with Crippen molar-refractivity contribution in [3.63, 3.8) is 0 Å². The molecule has 0 aliphatic heterocycles. The average Bonchev–Trinajstić information content (AvgIpc) is 2.15. The predicted molar refractivity (Wildman–Crippen MR) is 60.2 cm³/mol. The Morgan fingerprint density at radius 2 is 1.92 bits per heavy atom. The fraction of sp³-hybridized carbons (Fsp3) is 0.333. The highest BCUT2D eigenvalue weighted by atomic mass is 35.5. The second kappa shape index (κ2) is 5.08. The summed E-state index contributed by atoms with van der Waals surface area (Å²) in [5.41, 5.74) is 3.68. The summed E-state index contributed by atoms with van der Waals surface area (Å²) in [6, 6.07) is 8.53. The molecule has 1 aromatic carbocycles. The summed E-state index contributed by atoms with van der Waals surface area (Å²) in [6.07, 6.45) is 2.12. The highest BCUT2D eigenvalue weighted by molar-refractivity contribution is 6.17. The van der Waals surface area contributed by atoms with Crippen LogP contribution in [-0.2, 0) is 6.42 Å². The Kier molecular flexibility index (Phi) is 4.04. The van der Waals surface area contributed by atoms with Crippen LogP contribution in [0.1, 0.15) is 24.5 Å². The third-order valence-corrected chi connectivity index (χ3v) is 2.31. The van der Waals surface area contributed by atoms with E-state index in [1.54, 1.807) is 0 Å². The molecule has 0 spiro atoms. The van der Waals surface area contributed by atoms with Crippen molar-refractivity contribution >= 4 is 17.2 Å². The van der Waals surface area contributed by atoms with Gasteiger partial charge in [-0.15, -0.1) is 11.6 Å². The Balaban J connectivity index is 2.64. The van der Waals surface area contributed by atoms with Crippen LogP contribution in [-0.4, -0.2) is 5.88 Å². The molecule has 0 nitrogen and oxygen atoms in total. The number of alkyl halides is 1. The zero-order valence-corrected chi connectivity index (χ0v) is 8.77. The summed E-state index contributed by atoms with van der Waals surface area (Å²) in [4.78, 5) is 0. The van der Waals surface area contributed by atoms with Crippen LogP contribution in [0.3, 0.4) is 0 Å². The average molecular weight is 195 g/mol. The number of halogens is 1. The van der Waals surface area contributed by atoms with E-state index < -0.39 is 0 Å². The molecule has 0 unspecified atom stereocenters.